The van der Waals surface area contributed by atoms with E-state index in [1.54, 1.807) is 12.1 Å². The Balaban J connectivity index is 1.74. The Bertz CT molecular complexity index is 1200. The zero-order valence-corrected chi connectivity index (χ0v) is 15.7. The van der Waals surface area contributed by atoms with Crippen molar-refractivity contribution in [2.24, 2.45) is 0 Å². The third kappa shape index (κ3) is 2.84. The first-order valence-electron chi connectivity index (χ1n) is 8.08. The minimum atomic E-state index is -3.89. The summed E-state index contributed by atoms with van der Waals surface area (Å²) >= 11 is 1.25. The number of benzene rings is 2. The number of rotatable bonds is 3. The van der Waals surface area contributed by atoms with Gasteiger partial charge < -0.3 is 0 Å². The van der Waals surface area contributed by atoms with Crippen molar-refractivity contribution in [3.63, 3.8) is 0 Å². The molecule has 1 aliphatic rings. The summed E-state index contributed by atoms with van der Waals surface area (Å²) in [5, 5.41) is 11.5. The lowest BCUT2D eigenvalue weighted by molar-refractivity contribution is 0.101. The van der Waals surface area contributed by atoms with Crippen LogP contribution >= 0.6 is 11.3 Å². The number of hydrogen-bond donors (Lipinski definition) is 1. The van der Waals surface area contributed by atoms with Crippen molar-refractivity contribution >= 4 is 38.0 Å². The smallest absolute Gasteiger partial charge is 0.257 e. The lowest BCUT2D eigenvalue weighted by Crippen LogP contribution is -2.21. The van der Waals surface area contributed by atoms with E-state index in [1.807, 2.05) is 6.92 Å². The lowest BCUT2D eigenvalue weighted by atomic mass is 10.0. The zero-order valence-electron chi connectivity index (χ0n) is 14.1. The highest BCUT2D eigenvalue weighted by Gasteiger charge is 2.35. The van der Waals surface area contributed by atoms with Crippen molar-refractivity contribution in [3.8, 4) is 0 Å². The van der Waals surface area contributed by atoms with Crippen LogP contribution in [-0.2, 0) is 16.3 Å². The van der Waals surface area contributed by atoms with Crippen LogP contribution in [0.15, 0.2) is 52.3 Å². The number of sulfone groups is 1. The van der Waals surface area contributed by atoms with Crippen LogP contribution in [-0.4, -0.2) is 30.3 Å². The maximum absolute atomic E-state index is 12.9. The van der Waals surface area contributed by atoms with Crippen LogP contribution in [0.4, 0.5) is 5.13 Å². The van der Waals surface area contributed by atoms with Gasteiger partial charge in [0.2, 0.25) is 15.0 Å². The molecule has 2 aromatic carbocycles. The van der Waals surface area contributed by atoms with Crippen molar-refractivity contribution in [2.75, 3.05) is 5.32 Å². The second-order valence-corrected chi connectivity index (χ2v) is 8.80. The Morgan fingerprint density at radius 1 is 1.07 bits per heavy atom. The molecule has 0 aliphatic carbocycles. The summed E-state index contributed by atoms with van der Waals surface area (Å²) in [6, 6.07) is 10.1. The Labute approximate surface area is 159 Å². The van der Waals surface area contributed by atoms with Gasteiger partial charge in [-0.3, -0.25) is 14.9 Å². The van der Waals surface area contributed by atoms with Gasteiger partial charge in [-0.15, -0.1) is 10.2 Å². The van der Waals surface area contributed by atoms with Gasteiger partial charge in [-0.2, -0.15) is 0 Å². The van der Waals surface area contributed by atoms with Gasteiger partial charge in [-0.1, -0.05) is 30.4 Å². The molecule has 136 valence electrons. The maximum Gasteiger partial charge on any atom is 0.257 e. The molecule has 0 atom stereocenters. The molecule has 0 fully saturated rings. The number of nitrogens with zero attached hydrogens (tertiary/aromatic N) is 2. The van der Waals surface area contributed by atoms with Gasteiger partial charge in [0.15, 0.2) is 5.78 Å². The quantitative estimate of drug-likeness (QED) is 0.568. The van der Waals surface area contributed by atoms with Gasteiger partial charge in [0.1, 0.15) is 5.01 Å². The monoisotopic (exact) mass is 399 g/mol. The zero-order chi connectivity index (χ0) is 19.2. The summed E-state index contributed by atoms with van der Waals surface area (Å²) in [6.45, 7) is 1.93. The molecule has 4 rings (SSSR count). The van der Waals surface area contributed by atoms with Gasteiger partial charge >= 0.3 is 0 Å². The maximum atomic E-state index is 12.9. The summed E-state index contributed by atoms with van der Waals surface area (Å²) in [5.74, 6) is -0.891. The van der Waals surface area contributed by atoms with Crippen LogP contribution in [0.25, 0.3) is 0 Å². The number of hydrogen-bond acceptors (Lipinski definition) is 7. The SMILES string of the molecule is CCc1nnc(NC(=O)c2ccc3c(c2)S(=O)(=O)c2ccccc2C3=O)s1. The summed E-state index contributed by atoms with van der Waals surface area (Å²) in [4.78, 5) is 24.9. The molecule has 7 nitrogen and oxygen atoms in total. The van der Waals surface area contributed by atoms with E-state index in [9.17, 15) is 18.0 Å². The highest BCUT2D eigenvalue weighted by atomic mass is 32.2. The van der Waals surface area contributed by atoms with E-state index in [1.165, 1.54) is 41.7 Å². The third-order valence-electron chi connectivity index (χ3n) is 4.19. The van der Waals surface area contributed by atoms with E-state index in [-0.39, 0.29) is 32.3 Å². The van der Waals surface area contributed by atoms with Crippen LogP contribution in [0.2, 0.25) is 0 Å². The molecule has 9 heteroatoms. The second-order valence-electron chi connectivity index (χ2n) is 5.85. The number of nitrogens with one attached hydrogen (secondary N) is 1. The van der Waals surface area contributed by atoms with E-state index in [0.717, 1.165) is 5.01 Å². The molecule has 0 spiro atoms. The average Bonchev–Trinajstić information content (AvgIpc) is 3.13. The number of ketones is 1. The molecule has 0 saturated heterocycles. The largest absolute Gasteiger partial charge is 0.296 e. The highest BCUT2D eigenvalue weighted by molar-refractivity contribution is 7.91. The van der Waals surface area contributed by atoms with Gasteiger partial charge in [0.05, 0.1) is 9.79 Å². The number of carbonyl (C=O) groups excluding carboxylic acids is 2. The molecular weight excluding hydrogens is 386 g/mol. The first-order chi connectivity index (χ1) is 12.9. The van der Waals surface area contributed by atoms with Gasteiger partial charge in [0, 0.05) is 16.7 Å². The van der Waals surface area contributed by atoms with E-state index >= 15 is 0 Å². The van der Waals surface area contributed by atoms with Crippen molar-refractivity contribution in [1.29, 1.82) is 0 Å². The normalized spacial score (nSPS) is 14.3. The fraction of sp³-hybridized carbons (Fsp3) is 0.111. The number of aromatic nitrogens is 2. The fourth-order valence-corrected chi connectivity index (χ4v) is 5.19. The average molecular weight is 399 g/mol. The summed E-state index contributed by atoms with van der Waals surface area (Å²) in [7, 11) is -3.89. The predicted octanol–water partition coefficient (Wildman–Crippen LogP) is 2.73. The van der Waals surface area contributed by atoms with Gasteiger partial charge in [0.25, 0.3) is 5.91 Å². The molecule has 1 N–H and O–H groups in total. The number of carbonyl (C=O) groups is 2. The third-order valence-corrected chi connectivity index (χ3v) is 7.02. The molecular formula is C18H13N3O4S2. The molecule has 1 aromatic heterocycles. The first-order valence-corrected chi connectivity index (χ1v) is 10.4. The molecule has 0 bridgehead atoms. The molecule has 27 heavy (non-hydrogen) atoms. The van der Waals surface area contributed by atoms with Crippen molar-refractivity contribution in [3.05, 3.63) is 64.2 Å². The van der Waals surface area contributed by atoms with Crippen LogP contribution in [0.5, 0.6) is 0 Å². The second kappa shape index (κ2) is 6.36. The van der Waals surface area contributed by atoms with Crippen LogP contribution in [0.3, 0.4) is 0 Å². The van der Waals surface area contributed by atoms with E-state index in [4.69, 9.17) is 0 Å². The molecule has 0 unspecified atom stereocenters. The van der Waals surface area contributed by atoms with Crippen molar-refractivity contribution in [1.82, 2.24) is 10.2 Å². The summed E-state index contributed by atoms with van der Waals surface area (Å²) in [5.41, 5.74) is 0.329. The summed E-state index contributed by atoms with van der Waals surface area (Å²) < 4.78 is 25.8. The standard InChI is InChI=1S/C18H13N3O4S2/c1-2-15-20-21-18(26-15)19-17(23)10-7-8-12-14(9-10)27(24,25)13-6-4-3-5-11(13)16(12)22/h3-9H,2H2,1H3,(H,19,21,23). The number of aryl methyl sites for hydroxylation is 1. The topological polar surface area (TPSA) is 106 Å². The molecule has 2 heterocycles. The fourth-order valence-electron chi connectivity index (χ4n) is 2.84. The summed E-state index contributed by atoms with van der Waals surface area (Å²) in [6.07, 6.45) is 0.701. The highest BCUT2D eigenvalue weighted by Crippen LogP contribution is 2.34. The predicted molar refractivity (Wildman–Crippen MR) is 99.0 cm³/mol. The number of anilines is 1. The van der Waals surface area contributed by atoms with Crippen LogP contribution < -0.4 is 5.32 Å². The molecule has 0 saturated carbocycles. The minimum Gasteiger partial charge on any atom is -0.296 e. The van der Waals surface area contributed by atoms with E-state index in [2.05, 4.69) is 15.5 Å². The Morgan fingerprint density at radius 2 is 1.81 bits per heavy atom. The van der Waals surface area contributed by atoms with Gasteiger partial charge in [-0.25, -0.2) is 8.42 Å². The minimum absolute atomic E-state index is 0.0447. The Kier molecular flexibility index (Phi) is 4.12. The van der Waals surface area contributed by atoms with Crippen LogP contribution in [0.1, 0.15) is 38.2 Å². The van der Waals surface area contributed by atoms with Gasteiger partial charge in [-0.05, 0) is 36.8 Å². The van der Waals surface area contributed by atoms with E-state index < -0.39 is 15.7 Å². The Hall–Kier alpha value is -2.91. The Morgan fingerprint density at radius 3 is 2.56 bits per heavy atom. The molecule has 0 radical (unpaired) electrons. The molecule has 1 aliphatic heterocycles. The molecule has 1 amide bonds. The van der Waals surface area contributed by atoms with E-state index in [0.29, 0.717) is 11.6 Å². The van der Waals surface area contributed by atoms with Crippen LogP contribution in [0, 0.1) is 0 Å². The first kappa shape index (κ1) is 17.5. The molecule has 3 aromatic rings. The lowest BCUT2D eigenvalue weighted by Gasteiger charge is -2.19. The van der Waals surface area contributed by atoms with Crippen molar-refractivity contribution in [2.45, 2.75) is 23.1 Å². The van der Waals surface area contributed by atoms with Crippen molar-refractivity contribution < 1.29 is 18.0 Å². The number of amides is 1. The number of fused-ring (bicyclic) bond motifs is 2.